The van der Waals surface area contributed by atoms with Crippen molar-refractivity contribution >= 4 is 23.4 Å². The van der Waals surface area contributed by atoms with Gasteiger partial charge in [0.05, 0.1) is 12.1 Å². The summed E-state index contributed by atoms with van der Waals surface area (Å²) in [4.78, 5) is 36.2. The van der Waals surface area contributed by atoms with Crippen molar-refractivity contribution < 1.29 is 23.2 Å². The second kappa shape index (κ2) is 8.38. The average Bonchev–Trinajstić information content (AvgIpc) is 2.69. The number of hydrogen-bond donors (Lipinski definition) is 2. The number of hydrogen-bond acceptors (Lipinski definition) is 4. The Morgan fingerprint density at radius 3 is 2.36 bits per heavy atom. The van der Waals surface area contributed by atoms with Crippen molar-refractivity contribution in [1.82, 2.24) is 15.9 Å². The summed E-state index contributed by atoms with van der Waals surface area (Å²) in [7, 11) is 0. The fraction of sp³-hybridized carbons (Fsp3) is 0.158. The largest absolute Gasteiger partial charge is 0.285 e. The van der Waals surface area contributed by atoms with Gasteiger partial charge in [-0.1, -0.05) is 24.3 Å². The first-order chi connectivity index (χ1) is 13.4. The zero-order valence-electron chi connectivity index (χ0n) is 14.6. The Morgan fingerprint density at radius 1 is 0.964 bits per heavy atom. The summed E-state index contributed by atoms with van der Waals surface area (Å²) in [5.74, 6) is -2.93. The number of amides is 3. The maximum absolute atomic E-state index is 13.6. The van der Waals surface area contributed by atoms with E-state index in [0.29, 0.717) is 5.56 Å². The molecule has 9 heteroatoms. The summed E-state index contributed by atoms with van der Waals surface area (Å²) in [5.41, 5.74) is 4.74. The van der Waals surface area contributed by atoms with Crippen LogP contribution in [0.5, 0.6) is 0 Å². The summed E-state index contributed by atoms with van der Waals surface area (Å²) in [6, 6.07) is 10.9. The Balaban J connectivity index is 1.63. The van der Waals surface area contributed by atoms with Crippen molar-refractivity contribution in [2.45, 2.75) is 19.4 Å². The molecule has 7 nitrogen and oxygen atoms in total. The van der Waals surface area contributed by atoms with Crippen LogP contribution in [0.2, 0.25) is 0 Å². The SMILES string of the molecule is O=C(NNC(=O)c1ccccc1F)C1=NN(Cc2ccc(F)cc2)C(=O)CC1. The van der Waals surface area contributed by atoms with E-state index in [0.717, 1.165) is 11.1 Å². The zero-order valence-corrected chi connectivity index (χ0v) is 14.6. The molecule has 2 N–H and O–H groups in total. The first-order valence-corrected chi connectivity index (χ1v) is 8.41. The molecule has 1 heterocycles. The molecular formula is C19H16F2N4O3. The predicted octanol–water partition coefficient (Wildman–Crippen LogP) is 1.90. The minimum absolute atomic E-state index is 0.0375. The van der Waals surface area contributed by atoms with E-state index in [1.807, 2.05) is 0 Å². The van der Waals surface area contributed by atoms with E-state index in [4.69, 9.17) is 0 Å². The van der Waals surface area contributed by atoms with Gasteiger partial charge in [-0.15, -0.1) is 0 Å². The Labute approximate surface area is 159 Å². The number of carbonyl (C=O) groups is 3. The van der Waals surface area contributed by atoms with Gasteiger partial charge in [0.15, 0.2) is 0 Å². The van der Waals surface area contributed by atoms with E-state index in [2.05, 4.69) is 16.0 Å². The summed E-state index contributed by atoms with van der Waals surface area (Å²) in [6.07, 6.45) is 0.162. The highest BCUT2D eigenvalue weighted by Crippen LogP contribution is 2.14. The molecule has 2 aromatic carbocycles. The second-order valence-corrected chi connectivity index (χ2v) is 6.01. The molecule has 0 unspecified atom stereocenters. The molecule has 0 aromatic heterocycles. The van der Waals surface area contributed by atoms with Crippen LogP contribution in [0.4, 0.5) is 8.78 Å². The van der Waals surface area contributed by atoms with Crippen molar-refractivity contribution in [3.63, 3.8) is 0 Å². The van der Waals surface area contributed by atoms with Crippen LogP contribution in [0, 0.1) is 11.6 Å². The van der Waals surface area contributed by atoms with Crippen LogP contribution < -0.4 is 10.9 Å². The molecule has 0 radical (unpaired) electrons. The molecule has 28 heavy (non-hydrogen) atoms. The van der Waals surface area contributed by atoms with Crippen LogP contribution in [0.1, 0.15) is 28.8 Å². The van der Waals surface area contributed by atoms with E-state index in [9.17, 15) is 23.2 Å². The lowest BCUT2D eigenvalue weighted by molar-refractivity contribution is -0.132. The lowest BCUT2D eigenvalue weighted by Gasteiger charge is -2.23. The Bertz CT molecular complexity index is 944. The van der Waals surface area contributed by atoms with Gasteiger partial charge in [-0.2, -0.15) is 5.10 Å². The van der Waals surface area contributed by atoms with Crippen molar-refractivity contribution in [3.8, 4) is 0 Å². The number of hydrazine groups is 1. The highest BCUT2D eigenvalue weighted by atomic mass is 19.1. The van der Waals surface area contributed by atoms with Gasteiger partial charge in [-0.3, -0.25) is 25.2 Å². The number of halogens is 2. The van der Waals surface area contributed by atoms with Gasteiger partial charge < -0.3 is 0 Å². The van der Waals surface area contributed by atoms with Gasteiger partial charge in [-0.05, 0) is 29.8 Å². The molecule has 2 aromatic rings. The van der Waals surface area contributed by atoms with Gasteiger partial charge in [0.2, 0.25) is 5.91 Å². The summed E-state index contributed by atoms with van der Waals surface area (Å²) < 4.78 is 26.6. The lowest BCUT2D eigenvalue weighted by atomic mass is 10.1. The number of carbonyl (C=O) groups excluding carboxylic acids is 3. The summed E-state index contributed by atoms with van der Waals surface area (Å²) in [5, 5.41) is 5.13. The number of rotatable bonds is 4. The quantitative estimate of drug-likeness (QED) is 0.787. The molecule has 0 fully saturated rings. The topological polar surface area (TPSA) is 90.9 Å². The van der Waals surface area contributed by atoms with E-state index in [-0.39, 0.29) is 36.6 Å². The number of hydrazone groups is 1. The maximum atomic E-state index is 13.6. The van der Waals surface area contributed by atoms with E-state index in [1.165, 1.54) is 42.5 Å². The second-order valence-electron chi connectivity index (χ2n) is 6.01. The van der Waals surface area contributed by atoms with Gasteiger partial charge in [0.1, 0.15) is 17.3 Å². The standard InChI is InChI=1S/C19H16F2N4O3/c20-13-7-5-12(6-8-13)11-25-17(26)10-9-16(24-25)19(28)23-22-18(27)14-3-1-2-4-15(14)21/h1-8H,9-11H2,(H,22,27)(H,23,28). The van der Waals surface area contributed by atoms with Crippen LogP contribution in [0.15, 0.2) is 53.6 Å². The molecule has 3 rings (SSSR count). The smallest absolute Gasteiger partial charge is 0.273 e. The molecule has 0 atom stereocenters. The van der Waals surface area contributed by atoms with Gasteiger partial charge in [-0.25, -0.2) is 13.8 Å². The maximum Gasteiger partial charge on any atom is 0.285 e. The molecule has 0 aliphatic carbocycles. The van der Waals surface area contributed by atoms with Crippen molar-refractivity contribution in [1.29, 1.82) is 0 Å². The number of nitrogens with one attached hydrogen (secondary N) is 2. The van der Waals surface area contributed by atoms with Crippen molar-refractivity contribution in [2.75, 3.05) is 0 Å². The van der Waals surface area contributed by atoms with Crippen LogP contribution >= 0.6 is 0 Å². The highest BCUT2D eigenvalue weighted by Gasteiger charge is 2.25. The van der Waals surface area contributed by atoms with Crippen LogP contribution in [-0.2, 0) is 16.1 Å². The lowest BCUT2D eigenvalue weighted by Crippen LogP contribution is -2.47. The third-order valence-corrected chi connectivity index (χ3v) is 4.02. The van der Waals surface area contributed by atoms with Crippen LogP contribution in [0.3, 0.4) is 0 Å². The van der Waals surface area contributed by atoms with E-state index < -0.39 is 23.4 Å². The van der Waals surface area contributed by atoms with Crippen LogP contribution in [-0.4, -0.2) is 28.4 Å². The predicted molar refractivity (Wildman–Crippen MR) is 95.6 cm³/mol. The molecular weight excluding hydrogens is 370 g/mol. The van der Waals surface area contributed by atoms with E-state index in [1.54, 1.807) is 0 Å². The highest BCUT2D eigenvalue weighted by molar-refractivity contribution is 6.39. The molecule has 1 aliphatic rings. The molecule has 1 aliphatic heterocycles. The van der Waals surface area contributed by atoms with E-state index >= 15 is 0 Å². The molecule has 0 saturated heterocycles. The Kier molecular flexibility index (Phi) is 5.73. The molecule has 144 valence electrons. The van der Waals surface area contributed by atoms with Gasteiger partial charge in [0.25, 0.3) is 11.8 Å². The fourth-order valence-electron chi connectivity index (χ4n) is 2.55. The normalized spacial score (nSPS) is 13.7. The number of nitrogens with zero attached hydrogens (tertiary/aromatic N) is 2. The minimum Gasteiger partial charge on any atom is -0.273 e. The molecule has 3 amide bonds. The van der Waals surface area contributed by atoms with Gasteiger partial charge in [0, 0.05) is 12.8 Å². The Hall–Kier alpha value is -3.62. The first-order valence-electron chi connectivity index (χ1n) is 8.41. The molecule has 0 spiro atoms. The van der Waals surface area contributed by atoms with Crippen molar-refractivity contribution in [2.24, 2.45) is 5.10 Å². The third kappa shape index (κ3) is 4.56. The zero-order chi connectivity index (χ0) is 20.1. The van der Waals surface area contributed by atoms with Gasteiger partial charge >= 0.3 is 0 Å². The van der Waals surface area contributed by atoms with Crippen molar-refractivity contribution in [3.05, 3.63) is 71.3 Å². The van der Waals surface area contributed by atoms with Crippen LogP contribution in [0.25, 0.3) is 0 Å². The summed E-state index contributed by atoms with van der Waals surface area (Å²) >= 11 is 0. The minimum atomic E-state index is -0.817. The molecule has 0 saturated carbocycles. The first kappa shape index (κ1) is 19.2. The monoisotopic (exact) mass is 386 g/mol. The average molecular weight is 386 g/mol. The summed E-state index contributed by atoms with van der Waals surface area (Å²) in [6.45, 7) is 0.0808. The molecule has 0 bridgehead atoms. The Morgan fingerprint density at radius 2 is 1.64 bits per heavy atom. The number of benzene rings is 2. The third-order valence-electron chi connectivity index (χ3n) is 4.02. The fourth-order valence-corrected chi connectivity index (χ4v) is 2.55.